The molecule has 5 fully saturated rings. The van der Waals surface area contributed by atoms with Crippen LogP contribution in [0.3, 0.4) is 0 Å². The fraction of sp³-hybridized carbons (Fsp3) is 0.868. The van der Waals surface area contributed by atoms with E-state index in [-0.39, 0.29) is 51.5 Å². The first-order valence-corrected chi connectivity index (χ1v) is 17.7. The monoisotopic (exact) mass is 611 g/mol. The minimum Gasteiger partial charge on any atom is -0.480 e. The molecule has 6 heteroatoms. The molecule has 2 N–H and O–H groups in total. The minimum atomic E-state index is -0.931. The van der Waals surface area contributed by atoms with E-state index in [1.807, 2.05) is 13.8 Å². The highest BCUT2D eigenvalue weighted by atomic mass is 16.5. The van der Waals surface area contributed by atoms with Crippen molar-refractivity contribution in [3.63, 3.8) is 0 Å². The maximum absolute atomic E-state index is 14.4. The molecule has 0 aromatic rings. The molecular formula is C38H61NO5. The maximum Gasteiger partial charge on any atom is 0.326 e. The third kappa shape index (κ3) is 4.81. The predicted octanol–water partition coefficient (Wildman–Crippen LogP) is 8.19. The van der Waals surface area contributed by atoms with Gasteiger partial charge in [-0.1, -0.05) is 60.6 Å². The van der Waals surface area contributed by atoms with Crippen molar-refractivity contribution < 1.29 is 24.2 Å². The molecule has 0 saturated heterocycles. The number of esters is 1. The van der Waals surface area contributed by atoms with E-state index in [0.717, 1.165) is 51.4 Å². The average molecular weight is 612 g/mol. The van der Waals surface area contributed by atoms with Gasteiger partial charge in [0, 0.05) is 12.3 Å². The second-order valence-corrected chi connectivity index (χ2v) is 17.8. The normalized spacial score (nSPS) is 44.8. The van der Waals surface area contributed by atoms with E-state index in [1.165, 1.54) is 18.4 Å². The van der Waals surface area contributed by atoms with Gasteiger partial charge in [0.05, 0.1) is 5.41 Å². The summed E-state index contributed by atoms with van der Waals surface area (Å²) in [6, 6.07) is -0.844. The largest absolute Gasteiger partial charge is 0.480 e. The van der Waals surface area contributed by atoms with Crippen molar-refractivity contribution in [2.45, 2.75) is 145 Å². The lowest BCUT2D eigenvalue weighted by Crippen LogP contribution is -2.67. The average Bonchev–Trinajstić information content (AvgIpc) is 3.31. The summed E-state index contributed by atoms with van der Waals surface area (Å²) in [5.41, 5.74) is 1.02. The molecule has 5 saturated carbocycles. The van der Waals surface area contributed by atoms with Gasteiger partial charge in [0.1, 0.15) is 12.1 Å². The molecule has 44 heavy (non-hydrogen) atoms. The molecule has 5 rings (SSSR count). The molecule has 0 unspecified atom stereocenters. The molecule has 0 spiro atoms. The molecule has 0 aromatic carbocycles. The quantitative estimate of drug-likeness (QED) is 0.224. The number of hydrogen-bond donors (Lipinski definition) is 2. The summed E-state index contributed by atoms with van der Waals surface area (Å²) >= 11 is 0. The van der Waals surface area contributed by atoms with E-state index < -0.39 is 17.4 Å². The zero-order valence-electron chi connectivity index (χ0n) is 29.2. The molecular weight excluding hydrogens is 550 g/mol. The second-order valence-electron chi connectivity index (χ2n) is 17.8. The van der Waals surface area contributed by atoms with Crippen LogP contribution in [0.5, 0.6) is 0 Å². The molecule has 248 valence electrons. The highest BCUT2D eigenvalue weighted by Gasteiger charge is 2.72. The van der Waals surface area contributed by atoms with Crippen LogP contribution in [0.15, 0.2) is 12.2 Å². The SMILES string of the molecule is C=C(C)[C@@H]1CC[C@]2(C(=O)N[C@@H](CC(C)C)C(=O)O)CC[C@]3(C)[C@H](CC[C@@H]4[C@@]5(C)CC[C@H](OC(C)=O)C(C)(C)[C@@H]5CC[C@]43C)[C@@H]12. The molecule has 0 radical (unpaired) electrons. The molecule has 11 atom stereocenters. The fourth-order valence-electron chi connectivity index (χ4n) is 12.9. The van der Waals surface area contributed by atoms with Crippen molar-refractivity contribution in [2.24, 2.45) is 62.6 Å². The Labute approximate surface area is 266 Å². The third-order valence-electron chi connectivity index (χ3n) is 15.1. The van der Waals surface area contributed by atoms with Gasteiger partial charge >= 0.3 is 11.9 Å². The zero-order chi connectivity index (χ0) is 32.6. The highest BCUT2D eigenvalue weighted by Crippen LogP contribution is 2.77. The number of allylic oxidation sites excluding steroid dienone is 1. The summed E-state index contributed by atoms with van der Waals surface area (Å²) < 4.78 is 5.92. The second kappa shape index (κ2) is 11.1. The van der Waals surface area contributed by atoms with Crippen LogP contribution >= 0.6 is 0 Å². The third-order valence-corrected chi connectivity index (χ3v) is 15.1. The van der Waals surface area contributed by atoms with Gasteiger partial charge in [-0.3, -0.25) is 9.59 Å². The molecule has 5 aliphatic carbocycles. The summed E-state index contributed by atoms with van der Waals surface area (Å²) in [7, 11) is 0. The van der Waals surface area contributed by atoms with Crippen LogP contribution < -0.4 is 5.32 Å². The number of nitrogens with one attached hydrogen (secondary N) is 1. The standard InChI is InChI=1S/C38H61NO5/c1-22(2)21-27(32(41)42)39-33(43)38-18-13-25(23(3)4)31(38)26-11-12-29-35(8)16-15-30(44-24(5)40)34(6,7)28(35)14-17-37(29,10)36(26,9)19-20-38/h22,25-31H,3,11-21H2,1-2,4-10H3,(H,39,43)(H,41,42)/t25-,26+,27-,28-,29+,30-,31+,35-,36+,37+,38-/m0/s1. The van der Waals surface area contributed by atoms with Gasteiger partial charge in [-0.25, -0.2) is 4.79 Å². The number of carboxylic acid groups (broad SMARTS) is 1. The van der Waals surface area contributed by atoms with Crippen molar-refractivity contribution >= 4 is 17.8 Å². The molecule has 0 heterocycles. The Morgan fingerprint density at radius 2 is 1.55 bits per heavy atom. The van der Waals surface area contributed by atoms with E-state index >= 15 is 0 Å². The maximum atomic E-state index is 14.4. The van der Waals surface area contributed by atoms with E-state index in [1.54, 1.807) is 6.92 Å². The minimum absolute atomic E-state index is 0.0187. The van der Waals surface area contributed by atoms with Crippen LogP contribution in [0.4, 0.5) is 0 Å². The van der Waals surface area contributed by atoms with Gasteiger partial charge in [0.15, 0.2) is 0 Å². The molecule has 5 aliphatic rings. The molecule has 1 amide bonds. The Morgan fingerprint density at radius 1 is 0.864 bits per heavy atom. The van der Waals surface area contributed by atoms with E-state index in [0.29, 0.717) is 30.1 Å². The number of carboxylic acids is 1. The predicted molar refractivity (Wildman–Crippen MR) is 174 cm³/mol. The summed E-state index contributed by atoms with van der Waals surface area (Å²) in [6.45, 7) is 24.6. The van der Waals surface area contributed by atoms with Gasteiger partial charge in [0.2, 0.25) is 5.91 Å². The Kier molecular flexibility index (Phi) is 8.49. The van der Waals surface area contributed by atoms with Gasteiger partial charge in [-0.05, 0) is 129 Å². The van der Waals surface area contributed by atoms with Gasteiger partial charge < -0.3 is 15.2 Å². The fourth-order valence-corrected chi connectivity index (χ4v) is 12.9. The van der Waals surface area contributed by atoms with Crippen molar-refractivity contribution in [1.82, 2.24) is 5.32 Å². The zero-order valence-corrected chi connectivity index (χ0v) is 29.2. The Morgan fingerprint density at radius 3 is 2.14 bits per heavy atom. The highest BCUT2D eigenvalue weighted by molar-refractivity contribution is 5.88. The number of carbonyl (C=O) groups excluding carboxylic acids is 2. The van der Waals surface area contributed by atoms with Crippen LogP contribution in [0.2, 0.25) is 0 Å². The topological polar surface area (TPSA) is 92.7 Å². The molecule has 6 nitrogen and oxygen atoms in total. The van der Waals surface area contributed by atoms with Gasteiger partial charge in [-0.2, -0.15) is 0 Å². The summed E-state index contributed by atoms with van der Waals surface area (Å²) in [4.78, 5) is 38.6. The molecule has 0 bridgehead atoms. The molecule has 0 aliphatic heterocycles. The lowest BCUT2D eigenvalue weighted by molar-refractivity contribution is -0.248. The number of fused-ring (bicyclic) bond motifs is 7. The Bertz CT molecular complexity index is 1190. The van der Waals surface area contributed by atoms with Crippen molar-refractivity contribution in [1.29, 1.82) is 0 Å². The van der Waals surface area contributed by atoms with Gasteiger partial charge in [-0.15, -0.1) is 0 Å². The van der Waals surface area contributed by atoms with Crippen LogP contribution in [0.1, 0.15) is 133 Å². The van der Waals surface area contributed by atoms with Crippen LogP contribution in [-0.2, 0) is 19.1 Å². The first-order chi connectivity index (χ1) is 20.3. The summed E-state index contributed by atoms with van der Waals surface area (Å²) in [5.74, 6) is 1.06. The Hall–Kier alpha value is -1.85. The first kappa shape index (κ1) is 33.5. The van der Waals surface area contributed by atoms with Crippen LogP contribution in [0, 0.1) is 62.6 Å². The smallest absolute Gasteiger partial charge is 0.326 e. The van der Waals surface area contributed by atoms with Crippen molar-refractivity contribution in [2.75, 3.05) is 0 Å². The van der Waals surface area contributed by atoms with Crippen LogP contribution in [-0.4, -0.2) is 35.1 Å². The number of ether oxygens (including phenoxy) is 1. The van der Waals surface area contributed by atoms with E-state index in [4.69, 9.17) is 4.74 Å². The van der Waals surface area contributed by atoms with E-state index in [2.05, 4.69) is 53.4 Å². The lowest BCUT2D eigenvalue weighted by Gasteiger charge is -2.72. The number of aliphatic carboxylic acids is 1. The first-order valence-electron chi connectivity index (χ1n) is 17.7. The van der Waals surface area contributed by atoms with Crippen molar-refractivity contribution in [3.05, 3.63) is 12.2 Å². The van der Waals surface area contributed by atoms with Crippen molar-refractivity contribution in [3.8, 4) is 0 Å². The summed E-state index contributed by atoms with van der Waals surface area (Å²) in [5, 5.41) is 13.1. The van der Waals surface area contributed by atoms with E-state index in [9.17, 15) is 19.5 Å². The number of carbonyl (C=O) groups is 3. The summed E-state index contributed by atoms with van der Waals surface area (Å²) in [6.07, 6.45) is 10.7. The van der Waals surface area contributed by atoms with Crippen LogP contribution in [0.25, 0.3) is 0 Å². The Balaban J connectivity index is 1.49. The number of rotatable bonds is 7. The number of hydrogen-bond acceptors (Lipinski definition) is 4. The number of amides is 1. The lowest BCUT2D eigenvalue weighted by atomic mass is 9.32. The van der Waals surface area contributed by atoms with Gasteiger partial charge in [0.25, 0.3) is 0 Å². The molecule has 0 aromatic heterocycles.